The summed E-state index contributed by atoms with van der Waals surface area (Å²) in [5.74, 6) is 0.931. The van der Waals surface area contributed by atoms with E-state index in [0.29, 0.717) is 18.1 Å². The number of Topliss-reactive ketones (excluding diaryl/α,β-unsaturated/α-hetero) is 1. The number of carbonyl (C=O) groups excluding carboxylic acids is 1. The van der Waals surface area contributed by atoms with Crippen LogP contribution in [-0.4, -0.2) is 5.78 Å². The Kier molecular flexibility index (Phi) is 4.84. The first kappa shape index (κ1) is 10.4. The van der Waals surface area contributed by atoms with Gasteiger partial charge in [0, 0.05) is 12.8 Å². The Morgan fingerprint density at radius 1 is 1.45 bits per heavy atom. The van der Waals surface area contributed by atoms with Gasteiger partial charge in [-0.05, 0) is 12.3 Å². The monoisotopic (exact) mass is 154 g/mol. The average molecular weight is 154 g/mol. The molecule has 0 heterocycles. The van der Waals surface area contributed by atoms with Crippen molar-refractivity contribution in [3.8, 4) is 0 Å². The summed E-state index contributed by atoms with van der Waals surface area (Å²) < 4.78 is 0. The van der Waals surface area contributed by atoms with E-state index in [4.69, 9.17) is 0 Å². The molecule has 0 aromatic heterocycles. The fourth-order valence-corrected chi connectivity index (χ4v) is 1.10. The highest BCUT2D eigenvalue weighted by molar-refractivity contribution is 5.81. The lowest BCUT2D eigenvalue weighted by atomic mass is 9.86. The molecule has 11 heavy (non-hydrogen) atoms. The standard InChI is InChI=1S/C8H12O.C2H6/c1-6-3-4-8(9)5-7(6)2;1-2/h6H,2-5H2,1H3;1-2H3. The summed E-state index contributed by atoms with van der Waals surface area (Å²) in [4.78, 5) is 10.8. The molecule has 0 amide bonds. The zero-order valence-electron chi connectivity index (χ0n) is 7.81. The molecule has 1 aliphatic rings. The predicted octanol–water partition coefficient (Wildman–Crippen LogP) is 2.96. The SMILES string of the molecule is C=C1CC(=O)CCC1C.CC. The first-order valence-electron chi connectivity index (χ1n) is 4.39. The molecule has 1 atom stereocenters. The Labute approximate surface area is 69.5 Å². The molecule has 64 valence electrons. The zero-order valence-corrected chi connectivity index (χ0v) is 7.81. The Morgan fingerprint density at radius 2 is 2.00 bits per heavy atom. The van der Waals surface area contributed by atoms with Crippen LogP contribution in [0.25, 0.3) is 0 Å². The molecule has 1 nitrogen and oxygen atoms in total. The molecule has 0 N–H and O–H groups in total. The third-order valence-corrected chi connectivity index (χ3v) is 1.98. The smallest absolute Gasteiger partial charge is 0.136 e. The molecular weight excluding hydrogens is 136 g/mol. The molecular formula is C10H18O. The first-order chi connectivity index (χ1) is 5.20. The van der Waals surface area contributed by atoms with Crippen LogP contribution in [0.4, 0.5) is 0 Å². The maximum atomic E-state index is 10.8. The van der Waals surface area contributed by atoms with Crippen molar-refractivity contribution in [1.29, 1.82) is 0 Å². The molecule has 1 unspecified atom stereocenters. The molecule has 1 fully saturated rings. The first-order valence-corrected chi connectivity index (χ1v) is 4.39. The molecule has 1 saturated carbocycles. The molecule has 0 radical (unpaired) electrons. The van der Waals surface area contributed by atoms with Gasteiger partial charge < -0.3 is 0 Å². The van der Waals surface area contributed by atoms with Gasteiger partial charge in [0.2, 0.25) is 0 Å². The maximum Gasteiger partial charge on any atom is 0.136 e. The Balaban J connectivity index is 0.000000461. The fourth-order valence-electron chi connectivity index (χ4n) is 1.10. The van der Waals surface area contributed by atoms with Crippen molar-refractivity contribution in [3.63, 3.8) is 0 Å². The number of ketones is 1. The summed E-state index contributed by atoms with van der Waals surface area (Å²) in [6, 6.07) is 0. The van der Waals surface area contributed by atoms with Crippen molar-refractivity contribution in [3.05, 3.63) is 12.2 Å². The number of allylic oxidation sites excluding steroid dienone is 1. The van der Waals surface area contributed by atoms with Gasteiger partial charge in [0.05, 0.1) is 0 Å². The molecule has 0 aromatic rings. The van der Waals surface area contributed by atoms with E-state index in [9.17, 15) is 4.79 Å². The minimum Gasteiger partial charge on any atom is -0.299 e. The summed E-state index contributed by atoms with van der Waals surface area (Å²) in [5, 5.41) is 0. The third-order valence-electron chi connectivity index (χ3n) is 1.98. The summed E-state index contributed by atoms with van der Waals surface area (Å²) in [6.07, 6.45) is 2.40. The van der Waals surface area contributed by atoms with Crippen LogP contribution >= 0.6 is 0 Å². The molecule has 0 aliphatic heterocycles. The molecule has 0 saturated heterocycles. The normalized spacial score (nSPS) is 24.1. The van der Waals surface area contributed by atoms with Gasteiger partial charge in [0.25, 0.3) is 0 Å². The highest BCUT2D eigenvalue weighted by atomic mass is 16.1. The van der Waals surface area contributed by atoms with Crippen molar-refractivity contribution in [1.82, 2.24) is 0 Å². The van der Waals surface area contributed by atoms with Gasteiger partial charge in [-0.1, -0.05) is 32.9 Å². The van der Waals surface area contributed by atoms with E-state index >= 15 is 0 Å². The van der Waals surface area contributed by atoms with Crippen LogP contribution in [0.1, 0.15) is 40.0 Å². The number of carbonyl (C=O) groups is 1. The summed E-state index contributed by atoms with van der Waals surface area (Å²) in [5.41, 5.74) is 1.12. The van der Waals surface area contributed by atoms with E-state index in [1.165, 1.54) is 0 Å². The minimum atomic E-state index is 0.359. The lowest BCUT2D eigenvalue weighted by Crippen LogP contribution is -2.13. The molecule has 1 aliphatic carbocycles. The Bertz CT molecular complexity index is 147. The van der Waals surface area contributed by atoms with E-state index in [0.717, 1.165) is 18.4 Å². The van der Waals surface area contributed by atoms with E-state index in [2.05, 4.69) is 13.5 Å². The van der Waals surface area contributed by atoms with Crippen molar-refractivity contribution in [2.45, 2.75) is 40.0 Å². The second-order valence-electron chi connectivity index (χ2n) is 2.81. The largest absolute Gasteiger partial charge is 0.299 e. The minimum absolute atomic E-state index is 0.359. The number of hydrogen-bond donors (Lipinski definition) is 0. The highest BCUT2D eigenvalue weighted by Gasteiger charge is 2.17. The number of hydrogen-bond acceptors (Lipinski definition) is 1. The van der Waals surface area contributed by atoms with Crippen LogP contribution in [0.2, 0.25) is 0 Å². The summed E-state index contributed by atoms with van der Waals surface area (Å²) in [6.45, 7) is 9.96. The lowest BCUT2D eigenvalue weighted by Gasteiger charge is -2.18. The number of rotatable bonds is 0. The van der Waals surface area contributed by atoms with E-state index in [1.807, 2.05) is 13.8 Å². The van der Waals surface area contributed by atoms with Crippen molar-refractivity contribution in [2.24, 2.45) is 5.92 Å². The van der Waals surface area contributed by atoms with E-state index in [-0.39, 0.29) is 0 Å². The van der Waals surface area contributed by atoms with Crippen molar-refractivity contribution in [2.75, 3.05) is 0 Å². The second-order valence-corrected chi connectivity index (χ2v) is 2.81. The van der Waals surface area contributed by atoms with E-state index in [1.54, 1.807) is 0 Å². The lowest BCUT2D eigenvalue weighted by molar-refractivity contribution is -0.119. The van der Waals surface area contributed by atoms with Crippen LogP contribution < -0.4 is 0 Å². The Hall–Kier alpha value is -0.590. The average Bonchev–Trinajstić information content (AvgIpc) is 2.02. The van der Waals surface area contributed by atoms with Gasteiger partial charge in [0.15, 0.2) is 0 Å². The third kappa shape index (κ3) is 3.35. The quantitative estimate of drug-likeness (QED) is 0.490. The summed E-state index contributed by atoms with van der Waals surface area (Å²) in [7, 11) is 0. The highest BCUT2D eigenvalue weighted by Crippen LogP contribution is 2.24. The maximum absolute atomic E-state index is 10.8. The molecule has 0 spiro atoms. The van der Waals surface area contributed by atoms with Crippen molar-refractivity contribution < 1.29 is 4.79 Å². The van der Waals surface area contributed by atoms with Crippen molar-refractivity contribution >= 4 is 5.78 Å². The molecule has 0 bridgehead atoms. The van der Waals surface area contributed by atoms with Gasteiger partial charge in [-0.15, -0.1) is 0 Å². The van der Waals surface area contributed by atoms with E-state index < -0.39 is 0 Å². The molecule has 1 heteroatoms. The fraction of sp³-hybridized carbons (Fsp3) is 0.700. The van der Waals surface area contributed by atoms with Crippen LogP contribution in [0, 0.1) is 5.92 Å². The van der Waals surface area contributed by atoms with Crippen LogP contribution in [0.15, 0.2) is 12.2 Å². The van der Waals surface area contributed by atoms with Crippen LogP contribution in [-0.2, 0) is 4.79 Å². The zero-order chi connectivity index (χ0) is 8.85. The van der Waals surface area contributed by atoms with Gasteiger partial charge >= 0.3 is 0 Å². The topological polar surface area (TPSA) is 17.1 Å². The van der Waals surface area contributed by atoms with Gasteiger partial charge in [-0.25, -0.2) is 0 Å². The van der Waals surface area contributed by atoms with Crippen LogP contribution in [0.3, 0.4) is 0 Å². The predicted molar refractivity (Wildman–Crippen MR) is 48.5 cm³/mol. The van der Waals surface area contributed by atoms with Gasteiger partial charge in [-0.3, -0.25) is 4.79 Å². The van der Waals surface area contributed by atoms with Gasteiger partial charge in [0.1, 0.15) is 5.78 Å². The Morgan fingerprint density at radius 3 is 2.36 bits per heavy atom. The summed E-state index contributed by atoms with van der Waals surface area (Å²) >= 11 is 0. The second kappa shape index (κ2) is 5.11. The van der Waals surface area contributed by atoms with Gasteiger partial charge in [-0.2, -0.15) is 0 Å². The van der Waals surface area contributed by atoms with Crippen LogP contribution in [0.5, 0.6) is 0 Å². The molecule has 1 rings (SSSR count). The molecule has 0 aromatic carbocycles.